The molecule has 1 aliphatic heterocycles. The Bertz CT molecular complexity index is 840. The highest BCUT2D eigenvalue weighted by atomic mass is 16.7. The zero-order chi connectivity index (χ0) is 17.8. The predicted octanol–water partition coefficient (Wildman–Crippen LogP) is 3.44. The second-order valence-corrected chi connectivity index (χ2v) is 5.63. The first-order valence-corrected chi connectivity index (χ1v) is 7.94. The highest BCUT2D eigenvalue weighted by Crippen LogP contribution is 2.36. The molecule has 0 fully saturated rings. The van der Waals surface area contributed by atoms with Crippen molar-refractivity contribution in [3.8, 4) is 23.3 Å². The van der Waals surface area contributed by atoms with Crippen LogP contribution in [-0.2, 0) is 11.2 Å². The van der Waals surface area contributed by atoms with Gasteiger partial charge in [0.05, 0.1) is 11.6 Å². The number of carbonyl (C=O) groups is 1. The maximum absolute atomic E-state index is 11.7. The first-order chi connectivity index (χ1) is 12.1. The van der Waals surface area contributed by atoms with E-state index in [1.165, 1.54) is 0 Å². The number of hydrogen-bond acceptors (Lipinski definition) is 5. The van der Waals surface area contributed by atoms with E-state index in [-0.39, 0.29) is 6.79 Å². The van der Waals surface area contributed by atoms with Crippen molar-refractivity contribution in [2.24, 2.45) is 0 Å². The summed E-state index contributed by atoms with van der Waals surface area (Å²) >= 11 is 0. The van der Waals surface area contributed by atoms with Crippen LogP contribution in [0.1, 0.15) is 36.1 Å². The minimum atomic E-state index is -1.18. The van der Waals surface area contributed by atoms with E-state index in [1.54, 1.807) is 36.4 Å². The molecule has 6 heteroatoms. The van der Waals surface area contributed by atoms with E-state index in [9.17, 15) is 9.90 Å². The lowest BCUT2D eigenvalue weighted by molar-refractivity contribution is -0.145. The van der Waals surface area contributed by atoms with Crippen molar-refractivity contribution in [2.75, 3.05) is 6.79 Å². The molecular weight excluding hydrogens is 322 g/mol. The molecule has 1 heterocycles. The number of rotatable bonds is 6. The van der Waals surface area contributed by atoms with Gasteiger partial charge in [-0.2, -0.15) is 5.26 Å². The Balaban J connectivity index is 1.93. The Kier molecular flexibility index (Phi) is 4.75. The minimum Gasteiger partial charge on any atom is -0.478 e. The number of hydrogen-bond donors (Lipinski definition) is 1. The van der Waals surface area contributed by atoms with E-state index in [4.69, 9.17) is 19.5 Å². The molecular formula is C19H17NO5. The lowest BCUT2D eigenvalue weighted by atomic mass is 10.0. The quantitative estimate of drug-likeness (QED) is 0.867. The van der Waals surface area contributed by atoms with E-state index in [1.807, 2.05) is 6.92 Å². The lowest BCUT2D eigenvalue weighted by Gasteiger charge is -2.18. The average Bonchev–Trinajstić information content (AvgIpc) is 3.08. The highest BCUT2D eigenvalue weighted by molar-refractivity contribution is 5.75. The molecule has 0 amide bonds. The van der Waals surface area contributed by atoms with Crippen LogP contribution in [0.3, 0.4) is 0 Å². The third-order valence-corrected chi connectivity index (χ3v) is 3.88. The van der Waals surface area contributed by atoms with Crippen molar-refractivity contribution >= 4 is 5.97 Å². The molecule has 2 aromatic carbocycles. The molecule has 128 valence electrons. The van der Waals surface area contributed by atoms with E-state index >= 15 is 0 Å². The van der Waals surface area contributed by atoms with Gasteiger partial charge in [-0.25, -0.2) is 4.79 Å². The van der Waals surface area contributed by atoms with E-state index < -0.39 is 12.1 Å². The molecule has 0 radical (unpaired) electrons. The molecule has 0 saturated heterocycles. The van der Waals surface area contributed by atoms with Crippen molar-refractivity contribution in [3.05, 3.63) is 53.1 Å². The van der Waals surface area contributed by atoms with Gasteiger partial charge < -0.3 is 19.3 Å². The number of ether oxygens (including phenoxy) is 3. The third kappa shape index (κ3) is 3.50. The number of fused-ring (bicyclic) bond motifs is 1. The van der Waals surface area contributed by atoms with E-state index in [0.29, 0.717) is 34.8 Å². The monoisotopic (exact) mass is 339 g/mol. The maximum Gasteiger partial charge on any atom is 0.349 e. The van der Waals surface area contributed by atoms with Crippen molar-refractivity contribution in [3.63, 3.8) is 0 Å². The van der Waals surface area contributed by atoms with Crippen LogP contribution in [0.2, 0.25) is 0 Å². The molecule has 3 rings (SSSR count). The molecule has 0 bridgehead atoms. The Morgan fingerprint density at radius 1 is 1.28 bits per heavy atom. The summed E-state index contributed by atoms with van der Waals surface area (Å²) in [6, 6.07) is 12.0. The number of carboxylic acid groups (broad SMARTS) is 1. The fraction of sp³-hybridized carbons (Fsp3) is 0.263. The largest absolute Gasteiger partial charge is 0.478 e. The summed E-state index contributed by atoms with van der Waals surface area (Å²) in [7, 11) is 0. The smallest absolute Gasteiger partial charge is 0.349 e. The Morgan fingerprint density at radius 2 is 2.08 bits per heavy atom. The normalized spacial score (nSPS) is 13.1. The molecule has 0 aliphatic carbocycles. The van der Waals surface area contributed by atoms with Gasteiger partial charge in [-0.1, -0.05) is 19.4 Å². The number of nitriles is 1. The molecule has 2 aromatic rings. The second kappa shape index (κ2) is 7.14. The predicted molar refractivity (Wildman–Crippen MR) is 88.7 cm³/mol. The van der Waals surface area contributed by atoms with Crippen LogP contribution in [0, 0.1) is 11.3 Å². The summed E-state index contributed by atoms with van der Waals surface area (Å²) in [4.78, 5) is 11.7. The molecule has 25 heavy (non-hydrogen) atoms. The Morgan fingerprint density at radius 3 is 2.80 bits per heavy atom. The van der Waals surface area contributed by atoms with Gasteiger partial charge in [-0.15, -0.1) is 0 Å². The molecule has 1 unspecified atom stereocenters. The zero-order valence-electron chi connectivity index (χ0n) is 13.7. The van der Waals surface area contributed by atoms with Crippen molar-refractivity contribution in [1.82, 2.24) is 0 Å². The molecule has 6 nitrogen and oxygen atoms in total. The summed E-state index contributed by atoms with van der Waals surface area (Å²) in [5.74, 6) is 0.440. The average molecular weight is 339 g/mol. The van der Waals surface area contributed by atoms with E-state index in [0.717, 1.165) is 12.0 Å². The van der Waals surface area contributed by atoms with Crippen molar-refractivity contribution in [2.45, 2.75) is 25.9 Å². The molecule has 0 spiro atoms. The number of aliphatic carboxylic acids is 1. The summed E-state index contributed by atoms with van der Waals surface area (Å²) in [5.41, 5.74) is 1.79. The van der Waals surface area contributed by atoms with Crippen LogP contribution < -0.4 is 14.2 Å². The topological polar surface area (TPSA) is 88.8 Å². The first-order valence-electron chi connectivity index (χ1n) is 7.94. The minimum absolute atomic E-state index is 0.119. The molecule has 1 atom stereocenters. The fourth-order valence-electron chi connectivity index (χ4n) is 2.69. The van der Waals surface area contributed by atoms with Gasteiger partial charge in [-0.3, -0.25) is 0 Å². The molecule has 0 aromatic heterocycles. The van der Waals surface area contributed by atoms with Gasteiger partial charge in [0.1, 0.15) is 5.75 Å². The van der Waals surface area contributed by atoms with Crippen LogP contribution >= 0.6 is 0 Å². The van der Waals surface area contributed by atoms with Gasteiger partial charge in [0.25, 0.3) is 0 Å². The van der Waals surface area contributed by atoms with Gasteiger partial charge in [0.15, 0.2) is 11.5 Å². The first kappa shape index (κ1) is 16.7. The van der Waals surface area contributed by atoms with Gasteiger partial charge in [0, 0.05) is 5.56 Å². The van der Waals surface area contributed by atoms with Crippen LogP contribution in [-0.4, -0.2) is 17.9 Å². The fourth-order valence-corrected chi connectivity index (χ4v) is 2.69. The molecule has 1 N–H and O–H groups in total. The van der Waals surface area contributed by atoms with Crippen LogP contribution in [0.25, 0.3) is 0 Å². The number of nitrogens with zero attached hydrogens (tertiary/aromatic N) is 1. The zero-order valence-corrected chi connectivity index (χ0v) is 13.7. The summed E-state index contributed by atoms with van der Waals surface area (Å²) in [6.07, 6.45) is 0.365. The SMILES string of the molecule is CCCc1cc(C#N)ccc1OC(C(=O)O)c1ccc2c(c1)OCO2. The molecule has 1 aliphatic rings. The van der Waals surface area contributed by atoms with Crippen molar-refractivity contribution in [1.29, 1.82) is 5.26 Å². The standard InChI is InChI=1S/C19H17NO5/c1-2-3-13-8-12(10-20)4-6-15(13)25-18(19(21)22)14-5-7-16-17(9-14)24-11-23-16/h4-9,18H,2-3,11H2,1H3,(H,21,22). The maximum atomic E-state index is 11.7. The van der Waals surface area contributed by atoms with Crippen LogP contribution in [0.15, 0.2) is 36.4 Å². The van der Waals surface area contributed by atoms with Gasteiger partial charge in [0.2, 0.25) is 12.9 Å². The van der Waals surface area contributed by atoms with Crippen LogP contribution in [0.4, 0.5) is 0 Å². The second-order valence-electron chi connectivity index (χ2n) is 5.63. The summed E-state index contributed by atoms with van der Waals surface area (Å²) in [5, 5.41) is 18.7. The summed E-state index contributed by atoms with van der Waals surface area (Å²) < 4.78 is 16.4. The van der Waals surface area contributed by atoms with Crippen LogP contribution in [0.5, 0.6) is 17.2 Å². The third-order valence-electron chi connectivity index (χ3n) is 3.88. The van der Waals surface area contributed by atoms with Gasteiger partial charge in [-0.05, 0) is 42.3 Å². The number of aryl methyl sites for hydroxylation is 1. The van der Waals surface area contributed by atoms with Crippen molar-refractivity contribution < 1.29 is 24.1 Å². The molecule has 0 saturated carbocycles. The van der Waals surface area contributed by atoms with E-state index in [2.05, 4.69) is 6.07 Å². The number of carboxylic acids is 1. The number of benzene rings is 2. The summed E-state index contributed by atoms with van der Waals surface area (Å²) in [6.45, 7) is 2.13. The Labute approximate surface area is 145 Å². The lowest BCUT2D eigenvalue weighted by Crippen LogP contribution is -2.19. The van der Waals surface area contributed by atoms with Gasteiger partial charge >= 0.3 is 5.97 Å². The Hall–Kier alpha value is -3.20. The highest BCUT2D eigenvalue weighted by Gasteiger charge is 2.26.